The maximum absolute atomic E-state index is 9.36. The summed E-state index contributed by atoms with van der Waals surface area (Å²) in [6.45, 7) is 1.42. The molecule has 0 aromatic rings. The second-order valence-electron chi connectivity index (χ2n) is 0.735. The van der Waals surface area contributed by atoms with Crippen molar-refractivity contribution < 1.29 is 9.08 Å². The maximum Gasteiger partial charge on any atom is 0.203 e. The average molecular weight is 107 g/mol. The summed E-state index contributed by atoms with van der Waals surface area (Å²) in [4.78, 5) is 9.36. The van der Waals surface area contributed by atoms with Crippen LogP contribution in [0.3, 0.4) is 0 Å². The predicted molar refractivity (Wildman–Crippen MR) is 21.8 cm³/mol. The second kappa shape index (κ2) is 2.76. The summed E-state index contributed by atoms with van der Waals surface area (Å²) in [6.07, 6.45) is 0. The molecule has 0 aliphatic carbocycles. The SMILES string of the molecule is CC(=C=O)OCl. The highest BCUT2D eigenvalue weighted by Crippen LogP contribution is 1.89. The van der Waals surface area contributed by atoms with Gasteiger partial charge in [-0.15, -0.1) is 0 Å². The van der Waals surface area contributed by atoms with Crippen LogP contribution >= 0.6 is 11.9 Å². The fourth-order valence-corrected chi connectivity index (χ4v) is 0.0472. The quantitative estimate of drug-likeness (QED) is 0.367. The molecule has 6 heavy (non-hydrogen) atoms. The van der Waals surface area contributed by atoms with Gasteiger partial charge >= 0.3 is 0 Å². The Morgan fingerprint density at radius 2 is 2.50 bits per heavy atom. The molecule has 0 heterocycles. The minimum Gasteiger partial charge on any atom is -0.378 e. The summed E-state index contributed by atoms with van der Waals surface area (Å²) >= 11 is 4.65. The van der Waals surface area contributed by atoms with Crippen LogP contribution in [0.4, 0.5) is 0 Å². The Labute approximate surface area is 40.5 Å². The van der Waals surface area contributed by atoms with E-state index in [2.05, 4.69) is 16.2 Å². The molecule has 0 unspecified atom stereocenters. The normalized spacial score (nSPS) is 6.33. The minimum absolute atomic E-state index is 0.0525. The standard InChI is InChI=1S/C3H3ClO2/c1-3(2-5)6-4/h1H3. The van der Waals surface area contributed by atoms with E-state index in [1.807, 2.05) is 0 Å². The lowest BCUT2D eigenvalue weighted by molar-refractivity contribution is 0.470. The van der Waals surface area contributed by atoms with E-state index in [0.29, 0.717) is 0 Å². The van der Waals surface area contributed by atoms with Crippen LogP contribution in [-0.4, -0.2) is 5.94 Å². The first-order chi connectivity index (χ1) is 2.81. The second-order valence-corrected chi connectivity index (χ2v) is 0.890. The van der Waals surface area contributed by atoms with E-state index in [4.69, 9.17) is 0 Å². The fraction of sp³-hybridized carbons (Fsp3) is 0.333. The molecule has 0 rings (SSSR count). The topological polar surface area (TPSA) is 26.3 Å². The Kier molecular flexibility index (Phi) is 2.55. The number of hydrogen-bond donors (Lipinski definition) is 0. The third-order valence-corrected chi connectivity index (χ3v) is 0.491. The van der Waals surface area contributed by atoms with Crippen molar-refractivity contribution >= 4 is 17.8 Å². The number of allylic oxidation sites excluding steroid dienone is 1. The van der Waals surface area contributed by atoms with Crippen molar-refractivity contribution in [2.75, 3.05) is 0 Å². The molecule has 0 aromatic carbocycles. The summed E-state index contributed by atoms with van der Waals surface area (Å²) < 4.78 is 3.86. The molecule has 3 heteroatoms. The summed E-state index contributed by atoms with van der Waals surface area (Å²) in [5.74, 6) is 1.48. The van der Waals surface area contributed by atoms with Crippen molar-refractivity contribution in [1.82, 2.24) is 0 Å². The van der Waals surface area contributed by atoms with Crippen molar-refractivity contribution in [2.45, 2.75) is 6.92 Å². The van der Waals surface area contributed by atoms with E-state index >= 15 is 0 Å². The molecule has 0 N–H and O–H groups in total. The average Bonchev–Trinajstić information content (AvgIpc) is 1.65. The lowest BCUT2D eigenvalue weighted by Crippen LogP contribution is -1.69. The van der Waals surface area contributed by atoms with Crippen LogP contribution in [0.25, 0.3) is 0 Å². The molecule has 0 spiro atoms. The monoisotopic (exact) mass is 106 g/mol. The van der Waals surface area contributed by atoms with Gasteiger partial charge < -0.3 is 4.29 Å². The zero-order chi connectivity index (χ0) is 4.99. The summed E-state index contributed by atoms with van der Waals surface area (Å²) in [6, 6.07) is 0. The van der Waals surface area contributed by atoms with Crippen molar-refractivity contribution in [3.8, 4) is 0 Å². The molecule has 0 fully saturated rings. The van der Waals surface area contributed by atoms with Crippen molar-refractivity contribution in [1.29, 1.82) is 0 Å². The highest BCUT2D eigenvalue weighted by Gasteiger charge is 1.78. The lowest BCUT2D eigenvalue weighted by Gasteiger charge is -1.79. The van der Waals surface area contributed by atoms with Gasteiger partial charge in [0, 0.05) is 6.92 Å². The first-order valence-corrected chi connectivity index (χ1v) is 1.62. The highest BCUT2D eigenvalue weighted by atomic mass is 35.5. The zero-order valence-electron chi connectivity index (χ0n) is 3.19. The molecule has 0 saturated carbocycles. The molecule has 0 amide bonds. The van der Waals surface area contributed by atoms with Crippen molar-refractivity contribution in [2.24, 2.45) is 0 Å². The third kappa shape index (κ3) is 1.82. The Morgan fingerprint density at radius 3 is 2.50 bits per heavy atom. The van der Waals surface area contributed by atoms with E-state index in [9.17, 15) is 4.79 Å². The van der Waals surface area contributed by atoms with E-state index in [1.165, 1.54) is 12.9 Å². The van der Waals surface area contributed by atoms with Crippen molar-refractivity contribution in [3.05, 3.63) is 5.76 Å². The molecule has 34 valence electrons. The molecular formula is C3H3ClO2. The predicted octanol–water partition coefficient (Wildman–Crippen LogP) is 0.892. The molecule has 0 radical (unpaired) electrons. The van der Waals surface area contributed by atoms with E-state index in [1.54, 1.807) is 0 Å². The van der Waals surface area contributed by atoms with Gasteiger partial charge in [-0.1, -0.05) is 0 Å². The fourth-order valence-electron chi connectivity index (χ4n) is 0.0157. The maximum atomic E-state index is 9.36. The Morgan fingerprint density at radius 1 is 2.00 bits per heavy atom. The van der Waals surface area contributed by atoms with Crippen LogP contribution in [0.15, 0.2) is 5.76 Å². The number of hydrogen-bond acceptors (Lipinski definition) is 2. The molecule has 0 aliphatic heterocycles. The highest BCUT2D eigenvalue weighted by molar-refractivity contribution is 6.08. The van der Waals surface area contributed by atoms with E-state index < -0.39 is 0 Å². The largest absolute Gasteiger partial charge is 0.378 e. The van der Waals surface area contributed by atoms with E-state index in [-0.39, 0.29) is 5.76 Å². The summed E-state index contributed by atoms with van der Waals surface area (Å²) in [5, 5.41) is 0. The zero-order valence-corrected chi connectivity index (χ0v) is 3.95. The van der Waals surface area contributed by atoms with Gasteiger partial charge in [0.1, 0.15) is 11.9 Å². The number of halogens is 1. The molecule has 2 nitrogen and oxygen atoms in total. The van der Waals surface area contributed by atoms with Crippen LogP contribution < -0.4 is 0 Å². The van der Waals surface area contributed by atoms with Crippen molar-refractivity contribution in [3.63, 3.8) is 0 Å². The summed E-state index contributed by atoms with van der Waals surface area (Å²) in [7, 11) is 0. The van der Waals surface area contributed by atoms with Crippen LogP contribution in [0, 0.1) is 0 Å². The van der Waals surface area contributed by atoms with Gasteiger partial charge in [-0.2, -0.15) is 0 Å². The van der Waals surface area contributed by atoms with Gasteiger partial charge in [0.25, 0.3) is 0 Å². The van der Waals surface area contributed by atoms with Gasteiger partial charge in [-0.25, -0.2) is 4.79 Å². The molecule has 0 bridgehead atoms. The Balaban J connectivity index is 3.52. The van der Waals surface area contributed by atoms with Gasteiger partial charge in [0.2, 0.25) is 5.76 Å². The van der Waals surface area contributed by atoms with Crippen LogP contribution in [-0.2, 0) is 9.08 Å². The minimum atomic E-state index is 0.0525. The molecular weight excluding hydrogens is 103 g/mol. The first kappa shape index (κ1) is 5.54. The molecule has 0 atom stereocenters. The third-order valence-electron chi connectivity index (χ3n) is 0.259. The van der Waals surface area contributed by atoms with Gasteiger partial charge in [-0.3, -0.25) is 0 Å². The molecule has 0 aromatic heterocycles. The first-order valence-electron chi connectivity index (χ1n) is 1.31. The van der Waals surface area contributed by atoms with E-state index in [0.717, 1.165) is 0 Å². The van der Waals surface area contributed by atoms with Crippen LogP contribution in [0.5, 0.6) is 0 Å². The Hall–Kier alpha value is -0.460. The van der Waals surface area contributed by atoms with Gasteiger partial charge in [-0.05, 0) is 0 Å². The smallest absolute Gasteiger partial charge is 0.203 e. The number of rotatable bonds is 1. The van der Waals surface area contributed by atoms with Crippen LogP contribution in [0.2, 0.25) is 0 Å². The van der Waals surface area contributed by atoms with Gasteiger partial charge in [0.05, 0.1) is 0 Å². The van der Waals surface area contributed by atoms with Gasteiger partial charge in [0.15, 0.2) is 5.94 Å². The Bertz CT molecular complexity index is 82.8. The summed E-state index contributed by atoms with van der Waals surface area (Å²) in [5.41, 5.74) is 0. The molecule has 0 aliphatic rings. The lowest BCUT2D eigenvalue weighted by atomic mass is 10.7. The molecule has 0 saturated heterocycles. The number of carbonyl (C=O) groups excluding carboxylic acids is 1. The van der Waals surface area contributed by atoms with Crippen LogP contribution in [0.1, 0.15) is 6.92 Å².